The maximum absolute atomic E-state index is 12.3. The van der Waals surface area contributed by atoms with Gasteiger partial charge in [0.1, 0.15) is 12.1 Å². The van der Waals surface area contributed by atoms with E-state index in [4.69, 9.17) is 0 Å². The monoisotopic (exact) mass is 329 g/mol. The number of nitrogens with zero attached hydrogens (tertiary/aromatic N) is 6. The van der Waals surface area contributed by atoms with Gasteiger partial charge in [0.05, 0.1) is 18.1 Å². The van der Waals surface area contributed by atoms with Crippen LogP contribution in [0.2, 0.25) is 0 Å². The summed E-state index contributed by atoms with van der Waals surface area (Å²) in [6, 6.07) is 0. The van der Waals surface area contributed by atoms with Crippen molar-refractivity contribution in [3.63, 3.8) is 0 Å². The van der Waals surface area contributed by atoms with Crippen LogP contribution in [0.15, 0.2) is 12.5 Å². The molecule has 0 unspecified atom stereocenters. The van der Waals surface area contributed by atoms with Crippen LogP contribution in [-0.2, 0) is 11.8 Å². The van der Waals surface area contributed by atoms with Gasteiger partial charge in [-0.2, -0.15) is 5.10 Å². The molecule has 8 nitrogen and oxygen atoms in total. The summed E-state index contributed by atoms with van der Waals surface area (Å²) in [7, 11) is 1.88. The van der Waals surface area contributed by atoms with Crippen LogP contribution in [0.3, 0.4) is 0 Å². The van der Waals surface area contributed by atoms with Gasteiger partial charge in [-0.05, 0) is 25.3 Å². The first-order valence-corrected chi connectivity index (χ1v) is 8.58. The molecular formula is C16H23N7O. The molecule has 0 radical (unpaired) electrons. The number of aryl methyl sites for hydroxylation is 1. The number of hydrogen-bond donors (Lipinski definition) is 1. The fourth-order valence-corrected chi connectivity index (χ4v) is 3.19. The average Bonchev–Trinajstić information content (AvgIpc) is 3.36. The molecule has 0 aromatic carbocycles. The van der Waals surface area contributed by atoms with Gasteiger partial charge in [-0.15, -0.1) is 0 Å². The summed E-state index contributed by atoms with van der Waals surface area (Å²) in [5.41, 5.74) is 0.836. The minimum absolute atomic E-state index is 0.199. The van der Waals surface area contributed by atoms with Crippen LogP contribution in [-0.4, -0.2) is 69.8 Å². The number of nitrogens with one attached hydrogen (secondary N) is 1. The van der Waals surface area contributed by atoms with E-state index in [1.54, 1.807) is 11.0 Å². The third kappa shape index (κ3) is 3.06. The molecule has 8 heteroatoms. The van der Waals surface area contributed by atoms with E-state index >= 15 is 0 Å². The first kappa shape index (κ1) is 15.3. The highest BCUT2D eigenvalue weighted by Gasteiger charge is 2.25. The van der Waals surface area contributed by atoms with Crippen LogP contribution in [0.4, 0.5) is 5.82 Å². The zero-order valence-corrected chi connectivity index (χ0v) is 14.0. The topological polar surface area (TPSA) is 79.2 Å². The summed E-state index contributed by atoms with van der Waals surface area (Å²) >= 11 is 0. The average molecular weight is 329 g/mol. The molecule has 1 N–H and O–H groups in total. The zero-order chi connectivity index (χ0) is 16.5. The Balaban J connectivity index is 1.35. The molecule has 2 aliphatic rings. The van der Waals surface area contributed by atoms with Crippen LogP contribution < -0.4 is 10.2 Å². The fraction of sp³-hybridized carbons (Fsp3) is 0.625. The maximum atomic E-state index is 12.3. The van der Waals surface area contributed by atoms with Crippen molar-refractivity contribution in [1.29, 1.82) is 0 Å². The van der Waals surface area contributed by atoms with Gasteiger partial charge in [0.25, 0.3) is 0 Å². The van der Waals surface area contributed by atoms with Crippen molar-refractivity contribution in [3.05, 3.63) is 12.5 Å². The molecule has 3 heterocycles. The number of fused-ring (bicyclic) bond motifs is 1. The van der Waals surface area contributed by atoms with Gasteiger partial charge in [-0.3, -0.25) is 9.48 Å². The minimum atomic E-state index is 0.199. The van der Waals surface area contributed by atoms with Crippen molar-refractivity contribution < 1.29 is 4.79 Å². The van der Waals surface area contributed by atoms with E-state index in [0.717, 1.165) is 55.5 Å². The number of anilines is 1. The second kappa shape index (κ2) is 6.35. The Hall–Kier alpha value is -2.22. The molecule has 4 rings (SSSR count). The summed E-state index contributed by atoms with van der Waals surface area (Å²) in [5, 5.41) is 8.50. The Morgan fingerprint density at radius 3 is 2.79 bits per heavy atom. The number of piperazine rings is 1. The van der Waals surface area contributed by atoms with Gasteiger partial charge in [0.2, 0.25) is 5.91 Å². The van der Waals surface area contributed by atoms with Crippen molar-refractivity contribution in [3.8, 4) is 0 Å². The van der Waals surface area contributed by atoms with Crippen LogP contribution in [0, 0.1) is 5.92 Å². The van der Waals surface area contributed by atoms with Crippen LogP contribution in [0.5, 0.6) is 0 Å². The predicted octanol–water partition coefficient (Wildman–Crippen LogP) is 0.0115. The lowest BCUT2D eigenvalue weighted by molar-refractivity contribution is -0.130. The lowest BCUT2D eigenvalue weighted by Crippen LogP contribution is -2.51. The smallest absolute Gasteiger partial charge is 0.236 e. The lowest BCUT2D eigenvalue weighted by Gasteiger charge is -2.35. The van der Waals surface area contributed by atoms with Crippen molar-refractivity contribution in [2.24, 2.45) is 13.0 Å². The van der Waals surface area contributed by atoms with Crippen molar-refractivity contribution in [2.75, 3.05) is 44.2 Å². The standard InChI is InChI=1S/C16H23N7O/c1-21-15-13(9-20-21)16(19-11-18-15)23-6-4-22(5-7-23)14(24)10-17-8-12-2-3-12/h9,11-12,17H,2-8,10H2,1H3. The molecule has 2 aromatic rings. The van der Waals surface area contributed by atoms with Crippen LogP contribution >= 0.6 is 0 Å². The molecule has 2 fully saturated rings. The predicted molar refractivity (Wildman–Crippen MR) is 90.7 cm³/mol. The SMILES string of the molecule is Cn1ncc2c(N3CCN(C(=O)CNCC4CC4)CC3)ncnc21. The number of rotatable bonds is 5. The van der Waals surface area contributed by atoms with Gasteiger partial charge in [-0.25, -0.2) is 9.97 Å². The molecule has 0 atom stereocenters. The minimum Gasteiger partial charge on any atom is -0.352 e. The summed E-state index contributed by atoms with van der Waals surface area (Å²) in [6.07, 6.45) is 6.01. The molecular weight excluding hydrogens is 306 g/mol. The normalized spacial score (nSPS) is 18.4. The van der Waals surface area contributed by atoms with E-state index < -0.39 is 0 Å². The molecule has 1 aliphatic heterocycles. The zero-order valence-electron chi connectivity index (χ0n) is 14.0. The van der Waals surface area contributed by atoms with Gasteiger partial charge in [0, 0.05) is 33.2 Å². The van der Waals surface area contributed by atoms with Gasteiger partial charge in [-0.1, -0.05) is 0 Å². The maximum Gasteiger partial charge on any atom is 0.236 e. The highest BCUT2D eigenvalue weighted by Crippen LogP contribution is 2.27. The summed E-state index contributed by atoms with van der Waals surface area (Å²) in [5.74, 6) is 1.91. The first-order valence-electron chi connectivity index (χ1n) is 8.58. The number of carbonyl (C=O) groups excluding carboxylic acids is 1. The second-order valence-corrected chi connectivity index (χ2v) is 6.64. The third-order valence-corrected chi connectivity index (χ3v) is 4.85. The Bertz CT molecular complexity index is 731. The largest absolute Gasteiger partial charge is 0.352 e. The molecule has 1 amide bonds. The molecule has 24 heavy (non-hydrogen) atoms. The Kier molecular flexibility index (Phi) is 4.05. The third-order valence-electron chi connectivity index (χ3n) is 4.85. The first-order chi connectivity index (χ1) is 11.7. The number of amides is 1. The number of hydrogen-bond acceptors (Lipinski definition) is 6. The van der Waals surface area contributed by atoms with Gasteiger partial charge < -0.3 is 15.1 Å². The van der Waals surface area contributed by atoms with Crippen molar-refractivity contribution >= 4 is 22.8 Å². The van der Waals surface area contributed by atoms with E-state index in [9.17, 15) is 4.79 Å². The molecule has 0 spiro atoms. The molecule has 0 bridgehead atoms. The van der Waals surface area contributed by atoms with E-state index in [-0.39, 0.29) is 5.91 Å². The Morgan fingerprint density at radius 2 is 2.04 bits per heavy atom. The highest BCUT2D eigenvalue weighted by molar-refractivity contribution is 5.86. The van der Waals surface area contributed by atoms with E-state index in [2.05, 4.69) is 25.3 Å². The second-order valence-electron chi connectivity index (χ2n) is 6.64. The Labute approximate surface area is 140 Å². The summed E-state index contributed by atoms with van der Waals surface area (Å²) in [6.45, 7) is 4.47. The Morgan fingerprint density at radius 1 is 1.25 bits per heavy atom. The number of carbonyl (C=O) groups is 1. The number of aromatic nitrogens is 4. The molecule has 2 aromatic heterocycles. The van der Waals surface area contributed by atoms with Crippen LogP contribution in [0.1, 0.15) is 12.8 Å². The van der Waals surface area contributed by atoms with Crippen LogP contribution in [0.25, 0.3) is 11.0 Å². The lowest BCUT2D eigenvalue weighted by atomic mass is 10.2. The van der Waals surface area contributed by atoms with Crippen molar-refractivity contribution in [2.45, 2.75) is 12.8 Å². The molecule has 1 saturated carbocycles. The molecule has 1 saturated heterocycles. The summed E-state index contributed by atoms with van der Waals surface area (Å²) in [4.78, 5) is 25.1. The molecule has 128 valence electrons. The van der Waals surface area contributed by atoms with E-state index in [0.29, 0.717) is 6.54 Å². The van der Waals surface area contributed by atoms with E-state index in [1.807, 2.05) is 18.1 Å². The van der Waals surface area contributed by atoms with Gasteiger partial charge in [0.15, 0.2) is 5.65 Å². The highest BCUT2D eigenvalue weighted by atomic mass is 16.2. The van der Waals surface area contributed by atoms with Crippen molar-refractivity contribution in [1.82, 2.24) is 30.0 Å². The molecule has 1 aliphatic carbocycles. The van der Waals surface area contributed by atoms with Gasteiger partial charge >= 0.3 is 0 Å². The quantitative estimate of drug-likeness (QED) is 0.833. The summed E-state index contributed by atoms with van der Waals surface area (Å²) < 4.78 is 1.76. The van der Waals surface area contributed by atoms with E-state index in [1.165, 1.54) is 12.8 Å². The fourth-order valence-electron chi connectivity index (χ4n) is 3.19.